The molecule has 5 nitrogen and oxygen atoms in total. The Balaban J connectivity index is 1.67. The number of ether oxygens (including phenoxy) is 1. The molecule has 2 aliphatic heterocycles. The molecule has 3 aliphatic rings. The van der Waals surface area contributed by atoms with E-state index >= 15 is 0 Å². The van der Waals surface area contributed by atoms with E-state index in [1.165, 1.54) is 6.42 Å². The molecule has 0 aromatic rings. The van der Waals surface area contributed by atoms with Crippen LogP contribution in [0, 0.1) is 5.41 Å². The van der Waals surface area contributed by atoms with Crippen molar-refractivity contribution in [2.45, 2.75) is 32.1 Å². The first-order chi connectivity index (χ1) is 9.24. The molecule has 0 radical (unpaired) electrons. The lowest BCUT2D eigenvalue weighted by atomic mass is 10.0. The highest BCUT2D eigenvalue weighted by Crippen LogP contribution is 2.49. The standard InChI is InChI=1S/C14H22N2O3/c17-12(15-6-2-1-3-7-15)14(4-5-14)13(18)16-8-10-19-11-9-16/h1-11H2. The molecular weight excluding hydrogens is 244 g/mol. The summed E-state index contributed by atoms with van der Waals surface area (Å²) in [4.78, 5) is 28.9. The zero-order chi connectivity index (χ0) is 13.3. The average Bonchev–Trinajstić information content (AvgIpc) is 3.29. The fraction of sp³-hybridized carbons (Fsp3) is 0.857. The predicted octanol–water partition coefficient (Wildman–Crippen LogP) is 0.638. The summed E-state index contributed by atoms with van der Waals surface area (Å²) in [6, 6.07) is 0. The molecule has 3 fully saturated rings. The fourth-order valence-corrected chi connectivity index (χ4v) is 3.11. The number of piperidine rings is 1. The smallest absolute Gasteiger partial charge is 0.238 e. The second kappa shape index (κ2) is 5.12. The Morgan fingerprint density at radius 2 is 1.32 bits per heavy atom. The van der Waals surface area contributed by atoms with Gasteiger partial charge in [-0.2, -0.15) is 0 Å². The molecule has 3 rings (SSSR count). The molecule has 0 unspecified atom stereocenters. The summed E-state index contributed by atoms with van der Waals surface area (Å²) in [6.07, 6.45) is 4.83. The zero-order valence-electron chi connectivity index (χ0n) is 11.4. The quantitative estimate of drug-likeness (QED) is 0.689. The Morgan fingerprint density at radius 1 is 0.789 bits per heavy atom. The summed E-state index contributed by atoms with van der Waals surface area (Å²) in [5.41, 5.74) is -0.700. The first-order valence-electron chi connectivity index (χ1n) is 7.40. The first kappa shape index (κ1) is 12.9. The lowest BCUT2D eigenvalue weighted by molar-refractivity contribution is -0.152. The number of hydrogen-bond acceptors (Lipinski definition) is 3. The Hall–Kier alpha value is -1.10. The van der Waals surface area contributed by atoms with Gasteiger partial charge in [0.2, 0.25) is 11.8 Å². The van der Waals surface area contributed by atoms with Crippen molar-refractivity contribution in [3.8, 4) is 0 Å². The maximum Gasteiger partial charge on any atom is 0.238 e. The molecule has 1 aliphatic carbocycles. The second-order valence-corrected chi connectivity index (χ2v) is 5.84. The van der Waals surface area contributed by atoms with Crippen molar-refractivity contribution in [2.75, 3.05) is 39.4 Å². The Labute approximate surface area is 113 Å². The van der Waals surface area contributed by atoms with E-state index in [2.05, 4.69) is 0 Å². The van der Waals surface area contributed by atoms with Crippen molar-refractivity contribution in [1.29, 1.82) is 0 Å². The van der Waals surface area contributed by atoms with Crippen LogP contribution in [-0.2, 0) is 14.3 Å². The van der Waals surface area contributed by atoms with Crippen LogP contribution in [0.25, 0.3) is 0 Å². The van der Waals surface area contributed by atoms with E-state index in [9.17, 15) is 9.59 Å². The average molecular weight is 266 g/mol. The summed E-state index contributed by atoms with van der Waals surface area (Å²) in [5, 5.41) is 0. The van der Waals surface area contributed by atoms with Crippen LogP contribution in [0.3, 0.4) is 0 Å². The molecule has 2 amide bonds. The summed E-state index contributed by atoms with van der Waals surface area (Å²) in [7, 11) is 0. The van der Waals surface area contributed by atoms with Crippen LogP contribution in [0.15, 0.2) is 0 Å². The van der Waals surface area contributed by atoms with Crippen molar-refractivity contribution in [1.82, 2.24) is 9.80 Å². The molecule has 2 heterocycles. The maximum absolute atomic E-state index is 12.6. The van der Waals surface area contributed by atoms with Crippen LogP contribution < -0.4 is 0 Å². The Kier molecular flexibility index (Phi) is 3.48. The van der Waals surface area contributed by atoms with E-state index < -0.39 is 5.41 Å². The number of nitrogens with zero attached hydrogens (tertiary/aromatic N) is 2. The van der Waals surface area contributed by atoms with E-state index in [0.717, 1.165) is 38.8 Å². The molecule has 0 spiro atoms. The van der Waals surface area contributed by atoms with E-state index in [-0.39, 0.29) is 11.8 Å². The van der Waals surface area contributed by atoms with Gasteiger partial charge in [0.05, 0.1) is 13.2 Å². The highest BCUT2D eigenvalue weighted by molar-refractivity contribution is 6.07. The predicted molar refractivity (Wildman–Crippen MR) is 69.5 cm³/mol. The number of carbonyl (C=O) groups excluding carboxylic acids is 2. The zero-order valence-corrected chi connectivity index (χ0v) is 11.4. The minimum Gasteiger partial charge on any atom is -0.378 e. The van der Waals surface area contributed by atoms with Crippen LogP contribution in [0.5, 0.6) is 0 Å². The van der Waals surface area contributed by atoms with Crippen molar-refractivity contribution in [2.24, 2.45) is 5.41 Å². The summed E-state index contributed by atoms with van der Waals surface area (Å²) in [6.45, 7) is 4.12. The van der Waals surface area contributed by atoms with Gasteiger partial charge in [-0.15, -0.1) is 0 Å². The molecule has 5 heteroatoms. The van der Waals surface area contributed by atoms with Crippen LogP contribution >= 0.6 is 0 Å². The topological polar surface area (TPSA) is 49.9 Å². The minimum atomic E-state index is -0.700. The van der Waals surface area contributed by atoms with Crippen LogP contribution in [0.2, 0.25) is 0 Å². The third-order valence-corrected chi connectivity index (χ3v) is 4.51. The molecule has 0 N–H and O–H groups in total. The van der Waals surface area contributed by atoms with Gasteiger partial charge in [0.15, 0.2) is 0 Å². The second-order valence-electron chi connectivity index (χ2n) is 5.84. The maximum atomic E-state index is 12.6. The third kappa shape index (κ3) is 2.36. The molecular formula is C14H22N2O3. The van der Waals surface area contributed by atoms with Crippen LogP contribution in [0.1, 0.15) is 32.1 Å². The molecule has 0 aromatic carbocycles. The molecule has 0 bridgehead atoms. The number of morpholine rings is 1. The molecule has 2 saturated heterocycles. The van der Waals surface area contributed by atoms with Gasteiger partial charge in [-0.25, -0.2) is 0 Å². The van der Waals surface area contributed by atoms with Crippen molar-refractivity contribution >= 4 is 11.8 Å². The fourth-order valence-electron chi connectivity index (χ4n) is 3.11. The third-order valence-electron chi connectivity index (χ3n) is 4.51. The number of hydrogen-bond donors (Lipinski definition) is 0. The SMILES string of the molecule is O=C(N1CCCCC1)C1(C(=O)N2CCOCC2)CC1. The normalized spacial score (nSPS) is 26.1. The van der Waals surface area contributed by atoms with Crippen LogP contribution in [-0.4, -0.2) is 61.0 Å². The highest BCUT2D eigenvalue weighted by atomic mass is 16.5. The van der Waals surface area contributed by atoms with E-state index in [0.29, 0.717) is 26.3 Å². The van der Waals surface area contributed by atoms with E-state index in [4.69, 9.17) is 4.74 Å². The molecule has 0 aromatic heterocycles. The highest BCUT2D eigenvalue weighted by Gasteiger charge is 2.59. The van der Waals surface area contributed by atoms with E-state index in [1.54, 1.807) is 0 Å². The van der Waals surface area contributed by atoms with Crippen LogP contribution in [0.4, 0.5) is 0 Å². The van der Waals surface area contributed by atoms with Gasteiger partial charge in [0.1, 0.15) is 5.41 Å². The molecule has 0 atom stereocenters. The van der Waals surface area contributed by atoms with Crippen molar-refractivity contribution < 1.29 is 14.3 Å². The summed E-state index contributed by atoms with van der Waals surface area (Å²) >= 11 is 0. The molecule has 1 saturated carbocycles. The molecule has 106 valence electrons. The molecule has 19 heavy (non-hydrogen) atoms. The largest absolute Gasteiger partial charge is 0.378 e. The van der Waals surface area contributed by atoms with Gasteiger partial charge in [0.25, 0.3) is 0 Å². The van der Waals surface area contributed by atoms with Crippen molar-refractivity contribution in [3.63, 3.8) is 0 Å². The number of amides is 2. The van der Waals surface area contributed by atoms with Gasteiger partial charge >= 0.3 is 0 Å². The summed E-state index contributed by atoms with van der Waals surface area (Å²) < 4.78 is 5.27. The van der Waals surface area contributed by atoms with Gasteiger partial charge in [-0.05, 0) is 32.1 Å². The van der Waals surface area contributed by atoms with Gasteiger partial charge in [-0.3, -0.25) is 9.59 Å². The minimum absolute atomic E-state index is 0.0476. The van der Waals surface area contributed by atoms with Gasteiger partial charge < -0.3 is 14.5 Å². The van der Waals surface area contributed by atoms with Gasteiger partial charge in [-0.1, -0.05) is 0 Å². The number of rotatable bonds is 2. The number of likely N-dealkylation sites (tertiary alicyclic amines) is 1. The number of carbonyl (C=O) groups is 2. The lowest BCUT2D eigenvalue weighted by Crippen LogP contribution is -2.51. The van der Waals surface area contributed by atoms with E-state index in [1.807, 2.05) is 9.80 Å². The summed E-state index contributed by atoms with van der Waals surface area (Å²) in [5.74, 6) is 0.134. The first-order valence-corrected chi connectivity index (χ1v) is 7.40. The Morgan fingerprint density at radius 3 is 1.84 bits per heavy atom. The van der Waals surface area contributed by atoms with Crippen molar-refractivity contribution in [3.05, 3.63) is 0 Å². The Bertz CT molecular complexity index is 335. The van der Waals surface area contributed by atoms with Gasteiger partial charge in [0, 0.05) is 26.2 Å². The monoisotopic (exact) mass is 266 g/mol. The lowest BCUT2D eigenvalue weighted by Gasteiger charge is -2.34.